The number of nitrogens with one attached hydrogen (secondary N) is 1. The van der Waals surface area contributed by atoms with E-state index < -0.39 is 23.8 Å². The molecule has 2 amide bonds. The summed E-state index contributed by atoms with van der Waals surface area (Å²) >= 11 is 0. The Hall–Kier alpha value is -2.64. The van der Waals surface area contributed by atoms with E-state index in [4.69, 9.17) is 5.11 Å². The van der Waals surface area contributed by atoms with Crippen molar-refractivity contribution < 1.29 is 29.0 Å². The van der Waals surface area contributed by atoms with Crippen LogP contribution in [0, 0.1) is 11.2 Å². The van der Waals surface area contributed by atoms with Gasteiger partial charge in [-0.3, -0.25) is 9.59 Å². The molecule has 1 aromatic carbocycles. The van der Waals surface area contributed by atoms with Gasteiger partial charge in [-0.2, -0.15) is 0 Å². The zero-order valence-electron chi connectivity index (χ0n) is 13.0. The van der Waals surface area contributed by atoms with Gasteiger partial charge in [0.25, 0.3) is 0 Å². The molecule has 8 heteroatoms. The molecule has 1 aromatic rings. The summed E-state index contributed by atoms with van der Waals surface area (Å²) in [7, 11) is 0. The van der Waals surface area contributed by atoms with Crippen molar-refractivity contribution in [3.63, 3.8) is 0 Å². The van der Waals surface area contributed by atoms with Crippen molar-refractivity contribution in [3.8, 4) is 0 Å². The predicted molar refractivity (Wildman–Crippen MR) is 81.8 cm³/mol. The molecule has 0 unspecified atom stereocenters. The van der Waals surface area contributed by atoms with Crippen LogP contribution in [0.4, 0.5) is 9.18 Å². The number of carboxylic acids is 2. The quantitative estimate of drug-likeness (QED) is 0.757. The zero-order chi connectivity index (χ0) is 17.7. The lowest BCUT2D eigenvalue weighted by atomic mass is 9.76. The monoisotopic (exact) mass is 338 g/mol. The van der Waals surface area contributed by atoms with E-state index in [1.807, 2.05) is 0 Å². The minimum absolute atomic E-state index is 0.0958. The van der Waals surface area contributed by atoms with Crippen molar-refractivity contribution in [2.24, 2.45) is 5.41 Å². The van der Waals surface area contributed by atoms with E-state index in [2.05, 4.69) is 5.32 Å². The number of hydrogen-bond acceptors (Lipinski definition) is 3. The molecule has 1 aliphatic heterocycles. The molecule has 0 atom stereocenters. The van der Waals surface area contributed by atoms with Crippen molar-refractivity contribution in [1.82, 2.24) is 10.2 Å². The molecule has 130 valence electrons. The number of hydrogen-bond donors (Lipinski definition) is 3. The molecule has 1 fully saturated rings. The fourth-order valence-electron chi connectivity index (χ4n) is 2.79. The standard InChI is InChI=1S/C16H19FN2O5/c17-12-3-1-11(2-4-12)10-18-15(24)19-7-5-16(6-8-19,14(22)23)9-13(20)21/h1-4H,5-10H2,(H,18,24)(H,20,21)(H,22,23). The Morgan fingerprint density at radius 1 is 1.12 bits per heavy atom. The second-order valence-electron chi connectivity index (χ2n) is 5.93. The topological polar surface area (TPSA) is 107 Å². The van der Waals surface area contributed by atoms with Crippen LogP contribution in [0.15, 0.2) is 24.3 Å². The van der Waals surface area contributed by atoms with Crippen LogP contribution in [0.2, 0.25) is 0 Å². The molecular formula is C16H19FN2O5. The van der Waals surface area contributed by atoms with Gasteiger partial charge in [-0.05, 0) is 30.5 Å². The van der Waals surface area contributed by atoms with Gasteiger partial charge in [0.1, 0.15) is 5.82 Å². The number of carbonyl (C=O) groups is 3. The number of halogens is 1. The molecule has 0 radical (unpaired) electrons. The molecule has 0 spiro atoms. The lowest BCUT2D eigenvalue weighted by Gasteiger charge is -2.37. The molecular weight excluding hydrogens is 319 g/mol. The average molecular weight is 338 g/mol. The first-order valence-corrected chi connectivity index (χ1v) is 7.55. The highest BCUT2D eigenvalue weighted by atomic mass is 19.1. The van der Waals surface area contributed by atoms with Crippen LogP contribution in [-0.4, -0.2) is 46.2 Å². The highest BCUT2D eigenvalue weighted by Crippen LogP contribution is 2.35. The summed E-state index contributed by atoms with van der Waals surface area (Å²) in [4.78, 5) is 35.9. The average Bonchev–Trinajstić information content (AvgIpc) is 2.54. The fourth-order valence-corrected chi connectivity index (χ4v) is 2.79. The highest BCUT2D eigenvalue weighted by molar-refractivity contribution is 5.82. The van der Waals surface area contributed by atoms with E-state index in [1.54, 1.807) is 12.1 Å². The number of benzene rings is 1. The summed E-state index contributed by atoms with van der Waals surface area (Å²) in [6, 6.07) is 5.38. The van der Waals surface area contributed by atoms with Gasteiger partial charge in [0.15, 0.2) is 0 Å². The van der Waals surface area contributed by atoms with Gasteiger partial charge in [0.2, 0.25) is 0 Å². The van der Waals surface area contributed by atoms with Crippen molar-refractivity contribution in [1.29, 1.82) is 0 Å². The van der Waals surface area contributed by atoms with Gasteiger partial charge in [-0.25, -0.2) is 9.18 Å². The zero-order valence-corrected chi connectivity index (χ0v) is 13.0. The molecule has 1 saturated heterocycles. The van der Waals surface area contributed by atoms with E-state index in [9.17, 15) is 23.9 Å². The molecule has 0 aliphatic carbocycles. The maximum Gasteiger partial charge on any atom is 0.317 e. The fraction of sp³-hybridized carbons (Fsp3) is 0.438. The number of carboxylic acid groups (broad SMARTS) is 2. The molecule has 3 N–H and O–H groups in total. The van der Waals surface area contributed by atoms with Gasteiger partial charge >= 0.3 is 18.0 Å². The summed E-state index contributed by atoms with van der Waals surface area (Å²) in [5, 5.41) is 20.9. The van der Waals surface area contributed by atoms with Crippen molar-refractivity contribution in [2.75, 3.05) is 13.1 Å². The van der Waals surface area contributed by atoms with Gasteiger partial charge in [0.05, 0.1) is 11.8 Å². The smallest absolute Gasteiger partial charge is 0.317 e. The third-order valence-corrected chi connectivity index (χ3v) is 4.31. The molecule has 7 nitrogen and oxygen atoms in total. The third kappa shape index (κ3) is 4.21. The van der Waals surface area contributed by atoms with Crippen LogP contribution in [0.3, 0.4) is 0 Å². The van der Waals surface area contributed by atoms with Gasteiger partial charge in [-0.15, -0.1) is 0 Å². The summed E-state index contributed by atoms with van der Waals surface area (Å²) in [5.74, 6) is -2.66. The van der Waals surface area contributed by atoms with E-state index in [-0.39, 0.29) is 44.3 Å². The first kappa shape index (κ1) is 17.7. The second-order valence-corrected chi connectivity index (χ2v) is 5.93. The Kier molecular flexibility index (Phi) is 5.38. The summed E-state index contributed by atoms with van der Waals surface area (Å²) in [6.45, 7) is 0.582. The molecule has 0 bridgehead atoms. The summed E-state index contributed by atoms with van der Waals surface area (Å²) < 4.78 is 12.8. The molecule has 0 saturated carbocycles. The highest BCUT2D eigenvalue weighted by Gasteiger charge is 2.44. The first-order valence-electron chi connectivity index (χ1n) is 7.55. The van der Waals surface area contributed by atoms with Crippen LogP contribution in [-0.2, 0) is 16.1 Å². The number of amides is 2. The Morgan fingerprint density at radius 3 is 2.21 bits per heavy atom. The van der Waals surface area contributed by atoms with Crippen molar-refractivity contribution >= 4 is 18.0 Å². The van der Waals surface area contributed by atoms with E-state index in [1.165, 1.54) is 17.0 Å². The lowest BCUT2D eigenvalue weighted by Crippen LogP contribution is -2.50. The van der Waals surface area contributed by atoms with E-state index in [0.717, 1.165) is 5.56 Å². The number of nitrogens with zero attached hydrogens (tertiary/aromatic N) is 1. The number of aliphatic carboxylic acids is 2. The number of urea groups is 1. The minimum Gasteiger partial charge on any atom is -0.481 e. The Bertz CT molecular complexity index is 624. The van der Waals surface area contributed by atoms with Crippen molar-refractivity contribution in [2.45, 2.75) is 25.8 Å². The Labute approximate surface area is 138 Å². The van der Waals surface area contributed by atoms with Gasteiger partial charge in [0, 0.05) is 19.6 Å². The molecule has 2 rings (SSSR count). The minimum atomic E-state index is -1.32. The number of likely N-dealkylation sites (tertiary alicyclic amines) is 1. The van der Waals surface area contributed by atoms with Crippen LogP contribution in [0.25, 0.3) is 0 Å². The molecule has 1 heterocycles. The maximum atomic E-state index is 12.8. The van der Waals surface area contributed by atoms with Gasteiger partial charge in [-0.1, -0.05) is 12.1 Å². The third-order valence-electron chi connectivity index (χ3n) is 4.31. The van der Waals surface area contributed by atoms with Crippen LogP contribution in [0.1, 0.15) is 24.8 Å². The normalized spacial score (nSPS) is 16.5. The number of carbonyl (C=O) groups excluding carboxylic acids is 1. The van der Waals surface area contributed by atoms with Gasteiger partial charge < -0.3 is 20.4 Å². The van der Waals surface area contributed by atoms with E-state index in [0.29, 0.717) is 0 Å². The first-order chi connectivity index (χ1) is 11.3. The molecule has 0 aromatic heterocycles. The SMILES string of the molecule is O=C(O)CC1(C(=O)O)CCN(C(=O)NCc2ccc(F)cc2)CC1. The largest absolute Gasteiger partial charge is 0.481 e. The van der Waals surface area contributed by atoms with Crippen LogP contribution >= 0.6 is 0 Å². The summed E-state index contributed by atoms with van der Waals surface area (Å²) in [5.41, 5.74) is -0.577. The number of piperidine rings is 1. The predicted octanol–water partition coefficient (Wildman–Crippen LogP) is 1.68. The Balaban J connectivity index is 1.88. The maximum absolute atomic E-state index is 12.8. The molecule has 24 heavy (non-hydrogen) atoms. The van der Waals surface area contributed by atoms with Crippen LogP contribution in [0.5, 0.6) is 0 Å². The molecule has 1 aliphatic rings. The van der Waals surface area contributed by atoms with Crippen LogP contribution < -0.4 is 5.32 Å². The second kappa shape index (κ2) is 7.29. The summed E-state index contributed by atoms with van der Waals surface area (Å²) in [6.07, 6.45) is -0.259. The lowest BCUT2D eigenvalue weighted by molar-refractivity contribution is -0.158. The number of rotatable bonds is 5. The van der Waals surface area contributed by atoms with E-state index >= 15 is 0 Å². The van der Waals surface area contributed by atoms with Crippen molar-refractivity contribution in [3.05, 3.63) is 35.6 Å². The Morgan fingerprint density at radius 2 is 1.71 bits per heavy atom.